The van der Waals surface area contributed by atoms with E-state index < -0.39 is 9.84 Å². The van der Waals surface area contributed by atoms with Crippen molar-refractivity contribution >= 4 is 27.3 Å². The highest BCUT2D eigenvalue weighted by Crippen LogP contribution is 2.29. The Labute approximate surface area is 136 Å². The molecule has 3 rings (SSSR count). The lowest BCUT2D eigenvalue weighted by Gasteiger charge is -2.27. The second-order valence-corrected chi connectivity index (χ2v) is 8.86. The minimum absolute atomic E-state index is 0.00984. The van der Waals surface area contributed by atoms with Gasteiger partial charge in [-0.2, -0.15) is 0 Å². The van der Waals surface area contributed by atoms with Gasteiger partial charge in [0.2, 0.25) is 5.91 Å². The van der Waals surface area contributed by atoms with Gasteiger partial charge in [0.15, 0.2) is 9.84 Å². The maximum Gasteiger partial charge on any atom is 0.226 e. The number of amides is 1. The summed E-state index contributed by atoms with van der Waals surface area (Å²) in [5.41, 5.74) is 1.05. The van der Waals surface area contributed by atoms with Crippen LogP contribution in [0.2, 0.25) is 5.02 Å². The molecule has 2 fully saturated rings. The Bertz CT molecular complexity index is 674. The number of hydrogen-bond acceptors (Lipinski definition) is 3. The van der Waals surface area contributed by atoms with Gasteiger partial charge in [0.1, 0.15) is 0 Å². The first-order valence-electron chi connectivity index (χ1n) is 7.70. The summed E-state index contributed by atoms with van der Waals surface area (Å²) in [6.45, 7) is 0.727. The highest BCUT2D eigenvalue weighted by molar-refractivity contribution is 7.91. The quantitative estimate of drug-likeness (QED) is 0.847. The molecule has 2 aliphatic rings. The number of rotatable bonds is 3. The molecule has 0 saturated carbocycles. The topological polar surface area (TPSA) is 54.5 Å². The van der Waals surface area contributed by atoms with Crippen LogP contribution in [0.4, 0.5) is 0 Å². The molecule has 2 aliphatic heterocycles. The van der Waals surface area contributed by atoms with Gasteiger partial charge in [-0.1, -0.05) is 29.8 Å². The number of sulfone groups is 1. The van der Waals surface area contributed by atoms with Crippen LogP contribution in [0.3, 0.4) is 0 Å². The van der Waals surface area contributed by atoms with Gasteiger partial charge in [0.05, 0.1) is 17.4 Å². The number of carbonyl (C=O) groups is 1. The lowest BCUT2D eigenvalue weighted by atomic mass is 10.0. The first-order valence-corrected chi connectivity index (χ1v) is 9.90. The molecule has 1 aromatic rings. The molecular formula is C16H20ClNO3S. The summed E-state index contributed by atoms with van der Waals surface area (Å²) in [5.74, 6) is -0.180. The third-order valence-corrected chi connectivity index (χ3v) is 6.79. The van der Waals surface area contributed by atoms with Crippen molar-refractivity contribution in [2.24, 2.45) is 5.92 Å². The van der Waals surface area contributed by atoms with E-state index in [1.165, 1.54) is 0 Å². The Morgan fingerprint density at radius 1 is 1.27 bits per heavy atom. The smallest absolute Gasteiger partial charge is 0.226 e. The van der Waals surface area contributed by atoms with Crippen molar-refractivity contribution < 1.29 is 13.2 Å². The average molecular weight is 342 g/mol. The fourth-order valence-corrected chi connectivity index (χ4v) is 5.43. The van der Waals surface area contributed by atoms with E-state index >= 15 is 0 Å². The van der Waals surface area contributed by atoms with Crippen LogP contribution in [0.15, 0.2) is 24.3 Å². The zero-order chi connectivity index (χ0) is 15.7. The summed E-state index contributed by atoms with van der Waals surface area (Å²) in [7, 11) is -3.02. The zero-order valence-corrected chi connectivity index (χ0v) is 13.9. The molecule has 2 heterocycles. The SMILES string of the molecule is O=C([C@@H]1CCS(=O)(=O)C1)N1CCC[C@H]1Cc1ccccc1Cl. The molecule has 120 valence electrons. The molecular weight excluding hydrogens is 322 g/mol. The molecule has 1 aromatic carbocycles. The third kappa shape index (κ3) is 3.30. The fraction of sp³-hybridized carbons (Fsp3) is 0.562. The summed E-state index contributed by atoms with van der Waals surface area (Å²) < 4.78 is 23.2. The minimum atomic E-state index is -3.02. The maximum absolute atomic E-state index is 12.6. The summed E-state index contributed by atoms with van der Waals surface area (Å²) in [6, 6.07) is 7.83. The number of hydrogen-bond donors (Lipinski definition) is 0. The van der Waals surface area contributed by atoms with E-state index in [1.807, 2.05) is 29.2 Å². The van der Waals surface area contributed by atoms with E-state index in [2.05, 4.69) is 0 Å². The lowest BCUT2D eigenvalue weighted by molar-refractivity contribution is -0.135. The molecule has 0 radical (unpaired) electrons. The van der Waals surface area contributed by atoms with Gasteiger partial charge >= 0.3 is 0 Å². The molecule has 0 bridgehead atoms. The van der Waals surface area contributed by atoms with Crippen LogP contribution in [0.5, 0.6) is 0 Å². The van der Waals surface area contributed by atoms with E-state index in [0.717, 1.165) is 36.4 Å². The lowest BCUT2D eigenvalue weighted by Crippen LogP contribution is -2.41. The Hall–Kier alpha value is -1.07. The van der Waals surface area contributed by atoms with Crippen molar-refractivity contribution in [3.8, 4) is 0 Å². The Balaban J connectivity index is 1.71. The maximum atomic E-state index is 12.6. The van der Waals surface area contributed by atoms with E-state index in [1.54, 1.807) is 0 Å². The van der Waals surface area contributed by atoms with Crippen molar-refractivity contribution in [1.82, 2.24) is 4.90 Å². The number of halogens is 1. The first kappa shape index (κ1) is 15.8. The van der Waals surface area contributed by atoms with Crippen molar-refractivity contribution in [1.29, 1.82) is 0 Å². The van der Waals surface area contributed by atoms with Crippen molar-refractivity contribution in [2.75, 3.05) is 18.1 Å². The number of likely N-dealkylation sites (tertiary alicyclic amines) is 1. The number of nitrogens with zero attached hydrogens (tertiary/aromatic N) is 1. The van der Waals surface area contributed by atoms with Crippen molar-refractivity contribution in [3.63, 3.8) is 0 Å². The minimum Gasteiger partial charge on any atom is -0.339 e. The second-order valence-electron chi connectivity index (χ2n) is 6.22. The molecule has 0 N–H and O–H groups in total. The molecule has 0 spiro atoms. The van der Waals surface area contributed by atoms with Gasteiger partial charge in [-0.15, -0.1) is 0 Å². The summed E-state index contributed by atoms with van der Waals surface area (Å²) >= 11 is 6.21. The molecule has 22 heavy (non-hydrogen) atoms. The molecule has 0 unspecified atom stereocenters. The largest absolute Gasteiger partial charge is 0.339 e. The van der Waals surface area contributed by atoms with Crippen LogP contribution in [-0.4, -0.2) is 43.3 Å². The zero-order valence-electron chi connectivity index (χ0n) is 12.4. The van der Waals surface area contributed by atoms with Gasteiger partial charge in [-0.05, 0) is 37.3 Å². The monoisotopic (exact) mass is 341 g/mol. The average Bonchev–Trinajstić information content (AvgIpc) is 3.07. The summed E-state index contributed by atoms with van der Waals surface area (Å²) in [6.07, 6.45) is 3.14. The Morgan fingerprint density at radius 2 is 2.05 bits per heavy atom. The molecule has 0 aliphatic carbocycles. The summed E-state index contributed by atoms with van der Waals surface area (Å²) in [4.78, 5) is 14.5. The number of benzene rings is 1. The highest BCUT2D eigenvalue weighted by Gasteiger charge is 2.38. The Morgan fingerprint density at radius 3 is 2.73 bits per heavy atom. The fourth-order valence-electron chi connectivity index (χ4n) is 3.48. The van der Waals surface area contributed by atoms with Crippen LogP contribution >= 0.6 is 11.6 Å². The van der Waals surface area contributed by atoms with Crippen LogP contribution in [-0.2, 0) is 21.1 Å². The van der Waals surface area contributed by atoms with Gasteiger partial charge in [0, 0.05) is 17.6 Å². The van der Waals surface area contributed by atoms with Crippen molar-refractivity contribution in [2.45, 2.75) is 31.7 Å². The second kappa shape index (κ2) is 6.20. The van der Waals surface area contributed by atoms with E-state index in [4.69, 9.17) is 11.6 Å². The van der Waals surface area contributed by atoms with Gasteiger partial charge in [-0.3, -0.25) is 4.79 Å². The summed E-state index contributed by atoms with van der Waals surface area (Å²) in [5, 5.41) is 0.727. The van der Waals surface area contributed by atoms with Crippen LogP contribution < -0.4 is 0 Å². The standard InChI is InChI=1S/C16H20ClNO3S/c17-15-6-2-1-4-12(15)10-14-5-3-8-18(14)16(19)13-7-9-22(20,21)11-13/h1-2,4,6,13-14H,3,5,7-11H2/t13-,14+/m1/s1. The van der Waals surface area contributed by atoms with E-state index in [-0.39, 0.29) is 29.4 Å². The van der Waals surface area contributed by atoms with Crippen molar-refractivity contribution in [3.05, 3.63) is 34.9 Å². The third-order valence-electron chi connectivity index (χ3n) is 4.66. The molecule has 1 amide bonds. The first-order chi connectivity index (χ1) is 10.5. The van der Waals surface area contributed by atoms with Gasteiger partial charge < -0.3 is 4.90 Å². The Kier molecular flexibility index (Phi) is 4.46. The predicted molar refractivity (Wildman–Crippen MR) is 86.7 cm³/mol. The highest BCUT2D eigenvalue weighted by atomic mass is 35.5. The normalized spacial score (nSPS) is 27.2. The molecule has 2 saturated heterocycles. The molecule has 2 atom stereocenters. The van der Waals surface area contributed by atoms with Crippen LogP contribution in [0.1, 0.15) is 24.8 Å². The van der Waals surface area contributed by atoms with Crippen LogP contribution in [0.25, 0.3) is 0 Å². The van der Waals surface area contributed by atoms with E-state index in [0.29, 0.717) is 6.42 Å². The molecule has 4 nitrogen and oxygen atoms in total. The van der Waals surface area contributed by atoms with E-state index in [9.17, 15) is 13.2 Å². The predicted octanol–water partition coefficient (Wildman–Crippen LogP) is 2.31. The van der Waals surface area contributed by atoms with Gasteiger partial charge in [-0.25, -0.2) is 8.42 Å². The number of carbonyl (C=O) groups excluding carboxylic acids is 1. The van der Waals surface area contributed by atoms with Gasteiger partial charge in [0.25, 0.3) is 0 Å². The van der Waals surface area contributed by atoms with Crippen LogP contribution in [0, 0.1) is 5.92 Å². The molecule has 6 heteroatoms. The molecule has 0 aromatic heterocycles.